The fraction of sp³-hybridized carbons (Fsp3) is 0.500. The first-order valence-electron chi connectivity index (χ1n) is 8.54. The minimum Gasteiger partial charge on any atom is -0.390 e. The number of rotatable bonds is 5. The molecule has 2 aliphatic rings. The fourth-order valence-electron chi connectivity index (χ4n) is 3.33. The Balaban J connectivity index is 1.45. The summed E-state index contributed by atoms with van der Waals surface area (Å²) in [7, 11) is 0. The predicted octanol–water partition coefficient (Wildman–Crippen LogP) is 1.64. The molecule has 134 valence electrons. The van der Waals surface area contributed by atoms with Gasteiger partial charge < -0.3 is 15.1 Å². The molecule has 0 spiro atoms. The summed E-state index contributed by atoms with van der Waals surface area (Å²) in [5.74, 6) is -0.488. The van der Waals surface area contributed by atoms with E-state index in [1.54, 1.807) is 11.0 Å². The van der Waals surface area contributed by atoms with E-state index in [0.717, 1.165) is 17.7 Å². The third kappa shape index (κ3) is 4.35. The molecule has 0 aromatic heterocycles. The van der Waals surface area contributed by atoms with Gasteiger partial charge in [0.1, 0.15) is 18.0 Å². The van der Waals surface area contributed by atoms with Crippen LogP contribution in [0.25, 0.3) is 0 Å². The van der Waals surface area contributed by atoms with Crippen molar-refractivity contribution >= 4 is 17.5 Å². The molecular weight excluding hydrogens is 325 g/mol. The van der Waals surface area contributed by atoms with E-state index >= 15 is 0 Å². The van der Waals surface area contributed by atoms with Crippen LogP contribution < -0.4 is 5.32 Å². The van der Waals surface area contributed by atoms with E-state index in [1.165, 1.54) is 19.1 Å². The van der Waals surface area contributed by atoms with E-state index in [0.29, 0.717) is 32.4 Å². The molecule has 1 unspecified atom stereocenters. The van der Waals surface area contributed by atoms with E-state index in [-0.39, 0.29) is 29.8 Å². The van der Waals surface area contributed by atoms with Crippen molar-refractivity contribution in [1.82, 2.24) is 10.2 Å². The highest BCUT2D eigenvalue weighted by molar-refractivity contribution is 5.88. The van der Waals surface area contributed by atoms with Crippen LogP contribution in [0.5, 0.6) is 0 Å². The van der Waals surface area contributed by atoms with Crippen LogP contribution in [0.2, 0.25) is 0 Å². The Morgan fingerprint density at radius 3 is 3.04 bits per heavy atom. The number of halogens is 1. The average Bonchev–Trinajstić information content (AvgIpc) is 3.22. The van der Waals surface area contributed by atoms with Crippen LogP contribution in [0.3, 0.4) is 0 Å². The van der Waals surface area contributed by atoms with Gasteiger partial charge in [-0.05, 0) is 30.5 Å². The van der Waals surface area contributed by atoms with Crippen LogP contribution in [-0.4, -0.2) is 47.7 Å². The number of oxime groups is 1. The molecule has 0 bridgehead atoms. The molecule has 1 saturated heterocycles. The van der Waals surface area contributed by atoms with Gasteiger partial charge in [-0.1, -0.05) is 17.3 Å². The molecule has 0 saturated carbocycles. The molecule has 2 aliphatic heterocycles. The zero-order chi connectivity index (χ0) is 17.8. The molecule has 2 amide bonds. The van der Waals surface area contributed by atoms with Crippen LogP contribution in [0, 0.1) is 5.82 Å². The van der Waals surface area contributed by atoms with Gasteiger partial charge in [-0.2, -0.15) is 0 Å². The van der Waals surface area contributed by atoms with Gasteiger partial charge in [-0.3, -0.25) is 9.59 Å². The number of hydrogen-bond acceptors (Lipinski definition) is 4. The molecule has 1 N–H and O–H groups in total. The van der Waals surface area contributed by atoms with E-state index in [1.807, 2.05) is 6.07 Å². The molecule has 1 fully saturated rings. The van der Waals surface area contributed by atoms with Crippen molar-refractivity contribution in [3.63, 3.8) is 0 Å². The van der Waals surface area contributed by atoms with Gasteiger partial charge in [0, 0.05) is 26.3 Å². The number of carbonyl (C=O) groups excluding carboxylic acids is 2. The Morgan fingerprint density at radius 1 is 1.44 bits per heavy atom. The highest BCUT2D eigenvalue weighted by Gasteiger charge is 2.33. The largest absolute Gasteiger partial charge is 0.390 e. The van der Waals surface area contributed by atoms with Crippen molar-refractivity contribution in [3.05, 3.63) is 35.6 Å². The summed E-state index contributed by atoms with van der Waals surface area (Å²) in [6.07, 6.45) is 2.44. The normalized spacial score (nSPS) is 22.5. The smallest absolute Gasteiger partial charge is 0.242 e. The lowest BCUT2D eigenvalue weighted by molar-refractivity contribution is -0.137. The molecule has 7 heteroatoms. The lowest BCUT2D eigenvalue weighted by Gasteiger charge is -2.22. The molecule has 25 heavy (non-hydrogen) atoms. The van der Waals surface area contributed by atoms with Crippen molar-refractivity contribution in [3.8, 4) is 0 Å². The third-order valence-electron chi connectivity index (χ3n) is 4.56. The van der Waals surface area contributed by atoms with Crippen molar-refractivity contribution in [1.29, 1.82) is 0 Å². The standard InChI is InChI=1S/C18H22FN3O3/c1-12(23)22-7-3-6-17(22)18(24)20-11-16-10-15(21-25-16)9-13-4-2-5-14(19)8-13/h2,4-5,8,16-17H,3,6-7,9-11H2,1H3,(H,20,24)/t16?,17-/m0/s1. The highest BCUT2D eigenvalue weighted by atomic mass is 19.1. The molecule has 0 radical (unpaired) electrons. The highest BCUT2D eigenvalue weighted by Crippen LogP contribution is 2.18. The van der Waals surface area contributed by atoms with Crippen LogP contribution in [0.15, 0.2) is 29.4 Å². The first-order chi connectivity index (χ1) is 12.0. The molecule has 0 aliphatic carbocycles. The molecule has 3 rings (SSSR count). The van der Waals surface area contributed by atoms with Gasteiger partial charge in [0.25, 0.3) is 0 Å². The average molecular weight is 347 g/mol. The lowest BCUT2D eigenvalue weighted by atomic mass is 10.0. The van der Waals surface area contributed by atoms with Gasteiger partial charge in [0.05, 0.1) is 12.3 Å². The van der Waals surface area contributed by atoms with E-state index in [2.05, 4.69) is 10.5 Å². The van der Waals surface area contributed by atoms with Crippen molar-refractivity contribution < 1.29 is 18.8 Å². The van der Waals surface area contributed by atoms with E-state index in [4.69, 9.17) is 4.84 Å². The summed E-state index contributed by atoms with van der Waals surface area (Å²) in [6, 6.07) is 6.01. The quantitative estimate of drug-likeness (QED) is 0.880. The van der Waals surface area contributed by atoms with Gasteiger partial charge in [-0.15, -0.1) is 0 Å². The first-order valence-corrected chi connectivity index (χ1v) is 8.54. The minimum absolute atomic E-state index is 0.0736. The SMILES string of the molecule is CC(=O)N1CCC[C@H]1C(=O)NCC1CC(Cc2cccc(F)c2)=NO1. The second kappa shape index (κ2) is 7.63. The molecule has 1 aromatic carbocycles. The van der Waals surface area contributed by atoms with Gasteiger partial charge in [-0.25, -0.2) is 4.39 Å². The lowest BCUT2D eigenvalue weighted by Crippen LogP contribution is -2.46. The Morgan fingerprint density at radius 2 is 2.28 bits per heavy atom. The minimum atomic E-state index is -0.383. The Hall–Kier alpha value is -2.44. The van der Waals surface area contributed by atoms with E-state index < -0.39 is 0 Å². The van der Waals surface area contributed by atoms with Crippen molar-refractivity contribution in [2.45, 2.75) is 44.8 Å². The van der Waals surface area contributed by atoms with Crippen molar-refractivity contribution in [2.75, 3.05) is 13.1 Å². The Bertz CT molecular complexity index is 692. The predicted molar refractivity (Wildman–Crippen MR) is 90.4 cm³/mol. The number of amides is 2. The number of nitrogens with zero attached hydrogens (tertiary/aromatic N) is 2. The summed E-state index contributed by atoms with van der Waals surface area (Å²) in [5, 5.41) is 6.89. The maximum atomic E-state index is 13.2. The summed E-state index contributed by atoms with van der Waals surface area (Å²) in [4.78, 5) is 30.8. The van der Waals surface area contributed by atoms with Crippen LogP contribution >= 0.6 is 0 Å². The topological polar surface area (TPSA) is 71.0 Å². The summed E-state index contributed by atoms with van der Waals surface area (Å²) in [6.45, 7) is 2.46. The van der Waals surface area contributed by atoms with Gasteiger partial charge in [0.15, 0.2) is 0 Å². The third-order valence-corrected chi connectivity index (χ3v) is 4.56. The van der Waals surface area contributed by atoms with Gasteiger partial charge in [0.2, 0.25) is 11.8 Å². The number of benzene rings is 1. The fourth-order valence-corrected chi connectivity index (χ4v) is 3.33. The van der Waals surface area contributed by atoms with Crippen LogP contribution in [0.4, 0.5) is 4.39 Å². The van der Waals surface area contributed by atoms with Crippen LogP contribution in [0.1, 0.15) is 31.7 Å². The molecule has 1 aromatic rings. The van der Waals surface area contributed by atoms with Gasteiger partial charge >= 0.3 is 0 Å². The zero-order valence-electron chi connectivity index (χ0n) is 14.2. The first kappa shape index (κ1) is 17.4. The second-order valence-electron chi connectivity index (χ2n) is 6.51. The monoisotopic (exact) mass is 347 g/mol. The molecular formula is C18H22FN3O3. The number of nitrogens with one attached hydrogen (secondary N) is 1. The molecule has 2 atom stereocenters. The number of hydrogen-bond donors (Lipinski definition) is 1. The Labute approximate surface area is 146 Å². The molecule has 6 nitrogen and oxygen atoms in total. The summed E-state index contributed by atoms with van der Waals surface area (Å²) < 4.78 is 13.2. The molecule has 2 heterocycles. The van der Waals surface area contributed by atoms with Crippen LogP contribution in [-0.2, 0) is 20.8 Å². The maximum Gasteiger partial charge on any atom is 0.242 e. The summed E-state index contributed by atoms with van der Waals surface area (Å²) >= 11 is 0. The second-order valence-corrected chi connectivity index (χ2v) is 6.51. The maximum absolute atomic E-state index is 13.2. The summed E-state index contributed by atoms with van der Waals surface area (Å²) in [5.41, 5.74) is 1.67. The van der Waals surface area contributed by atoms with Crippen molar-refractivity contribution in [2.24, 2.45) is 5.16 Å². The zero-order valence-corrected chi connectivity index (χ0v) is 14.2. The number of carbonyl (C=O) groups is 2. The number of likely N-dealkylation sites (tertiary alicyclic amines) is 1. The van der Waals surface area contributed by atoms with E-state index in [9.17, 15) is 14.0 Å². The Kier molecular flexibility index (Phi) is 5.31.